The molecule has 0 fully saturated rings. The van der Waals surface area contributed by atoms with Gasteiger partial charge in [-0.25, -0.2) is 0 Å². The van der Waals surface area contributed by atoms with Crippen LogP contribution in [0.1, 0.15) is 37.6 Å². The number of carbonyl (C=O) groups is 1. The fourth-order valence-corrected chi connectivity index (χ4v) is 10.8. The molecule has 1 aromatic carbocycles. The molecule has 142 valence electrons. The van der Waals surface area contributed by atoms with Crippen LogP contribution in [0.4, 0.5) is 0 Å². The molecule has 0 saturated heterocycles. The molecule has 4 nitrogen and oxygen atoms in total. The van der Waals surface area contributed by atoms with Gasteiger partial charge in [0.25, 0.3) is 0 Å². The third-order valence-corrected chi connectivity index (χ3v) is 12.4. The quantitative estimate of drug-likeness (QED) is 0.547. The van der Waals surface area contributed by atoms with Gasteiger partial charge in [-0.05, 0) is 0 Å². The number of hydrogen-bond acceptors (Lipinski definition) is 4. The summed E-state index contributed by atoms with van der Waals surface area (Å²) in [5.41, 5.74) is 1.16. The molecule has 7 heteroatoms. The molecular formula is C19H26AsNO3S2. The maximum atomic E-state index is 12.8. The Kier molecular flexibility index (Phi) is 7.93. The Morgan fingerprint density at radius 3 is 2.31 bits per heavy atom. The van der Waals surface area contributed by atoms with E-state index < -0.39 is 22.7 Å². The van der Waals surface area contributed by atoms with Crippen molar-refractivity contribution < 1.29 is 13.2 Å². The van der Waals surface area contributed by atoms with E-state index in [0.29, 0.717) is 24.4 Å². The molecular weight excluding hydrogens is 429 g/mol. The third-order valence-electron chi connectivity index (χ3n) is 4.19. The van der Waals surface area contributed by atoms with Gasteiger partial charge in [-0.1, -0.05) is 0 Å². The molecule has 1 aromatic heterocycles. The summed E-state index contributed by atoms with van der Waals surface area (Å²) in [5, 5.41) is 1.89. The normalized spacial score (nSPS) is 12.0. The zero-order chi connectivity index (χ0) is 19.2. The summed E-state index contributed by atoms with van der Waals surface area (Å²) in [5.74, 6) is 0.0617. The van der Waals surface area contributed by atoms with Crippen LogP contribution in [0.2, 0.25) is 0 Å². The van der Waals surface area contributed by atoms with Crippen LogP contribution in [0.25, 0.3) is 0 Å². The van der Waals surface area contributed by atoms with E-state index in [1.165, 1.54) is 11.3 Å². The molecule has 26 heavy (non-hydrogen) atoms. The van der Waals surface area contributed by atoms with E-state index in [1.54, 1.807) is 17.0 Å². The number of thiophene rings is 1. The number of nitrogens with zero attached hydrogens (tertiary/aromatic N) is 1. The van der Waals surface area contributed by atoms with E-state index in [9.17, 15) is 13.2 Å². The summed E-state index contributed by atoms with van der Waals surface area (Å²) in [6.07, 6.45) is 2.29. The van der Waals surface area contributed by atoms with E-state index >= 15 is 0 Å². The second-order valence-electron chi connectivity index (χ2n) is 6.00. The van der Waals surface area contributed by atoms with E-state index in [4.69, 9.17) is 0 Å². The molecule has 0 aliphatic carbocycles. The van der Waals surface area contributed by atoms with Gasteiger partial charge in [0.1, 0.15) is 0 Å². The molecule has 0 bridgehead atoms. The van der Waals surface area contributed by atoms with Crippen molar-refractivity contribution in [3.05, 3.63) is 46.2 Å². The van der Waals surface area contributed by atoms with Crippen LogP contribution < -0.4 is 4.35 Å². The minimum absolute atomic E-state index is 0.0617. The first-order valence-corrected chi connectivity index (χ1v) is 14.8. The van der Waals surface area contributed by atoms with Gasteiger partial charge in [0.2, 0.25) is 0 Å². The molecule has 1 atom stereocenters. The monoisotopic (exact) mass is 455 g/mol. The topological polar surface area (TPSA) is 54.5 Å². The van der Waals surface area contributed by atoms with Gasteiger partial charge in [0.15, 0.2) is 0 Å². The fourth-order valence-electron chi connectivity index (χ4n) is 2.72. The molecule has 2 aromatic rings. The number of carbonyl (C=O) groups excluding carboxylic acids is 1. The minimum atomic E-state index is -3.30. The van der Waals surface area contributed by atoms with Crippen molar-refractivity contribution in [3.63, 3.8) is 0 Å². The predicted molar refractivity (Wildman–Crippen MR) is 110 cm³/mol. The van der Waals surface area contributed by atoms with Crippen molar-refractivity contribution in [2.45, 2.75) is 44.9 Å². The van der Waals surface area contributed by atoms with Gasteiger partial charge < -0.3 is 0 Å². The Hall–Kier alpha value is -1.10. The Labute approximate surface area is 166 Å². The van der Waals surface area contributed by atoms with Gasteiger partial charge in [-0.15, -0.1) is 0 Å². The Bertz CT molecular complexity index is 825. The molecule has 1 unspecified atom stereocenters. The number of rotatable bonds is 9. The first kappa shape index (κ1) is 21.2. The number of aryl methyl sites for hydroxylation is 1. The van der Waals surface area contributed by atoms with Gasteiger partial charge in [-0.2, -0.15) is 0 Å². The molecule has 2 rings (SSSR count). The van der Waals surface area contributed by atoms with Gasteiger partial charge in [0.05, 0.1) is 0 Å². The van der Waals surface area contributed by atoms with Crippen LogP contribution in [-0.4, -0.2) is 46.9 Å². The van der Waals surface area contributed by atoms with Gasteiger partial charge >= 0.3 is 167 Å². The van der Waals surface area contributed by atoms with Crippen LogP contribution >= 0.6 is 11.3 Å². The van der Waals surface area contributed by atoms with Gasteiger partial charge in [-0.3, -0.25) is 0 Å². The standard InChI is InChI=1S/C19H26AsNO3S2/c1-4-7-15-8-10-16(11-9-15)26(23,24)20-17-12-13-25-18(17)14-19(22)21(5-2)6-3/h8-13,20H,4-7,14H2,1-3H3. The molecule has 0 aliphatic heterocycles. The number of hydrogen-bond donors (Lipinski definition) is 0. The number of benzene rings is 1. The van der Waals surface area contributed by atoms with Crippen molar-refractivity contribution in [1.82, 2.24) is 4.90 Å². The van der Waals surface area contributed by atoms with Crippen LogP contribution in [-0.2, 0) is 25.7 Å². The SMILES string of the molecule is CCCc1ccc(S(=O)(=O)[AsH]c2ccsc2CC(=O)N(CC)CC)cc1. The summed E-state index contributed by atoms with van der Waals surface area (Å²) in [7, 11) is -3.30. The first-order valence-electron chi connectivity index (χ1n) is 8.87. The fraction of sp³-hybridized carbons (Fsp3) is 0.421. The van der Waals surface area contributed by atoms with Gasteiger partial charge in [0, 0.05) is 0 Å². The van der Waals surface area contributed by atoms with Crippen molar-refractivity contribution in [2.24, 2.45) is 0 Å². The second kappa shape index (κ2) is 9.72. The molecule has 0 radical (unpaired) electrons. The molecule has 1 amide bonds. The third kappa shape index (κ3) is 5.45. The summed E-state index contributed by atoms with van der Waals surface area (Å²) < 4.78 is 26.5. The average molecular weight is 455 g/mol. The second-order valence-corrected chi connectivity index (χ2v) is 14.5. The summed E-state index contributed by atoms with van der Waals surface area (Å²) in [6.45, 7) is 7.37. The van der Waals surface area contributed by atoms with Crippen LogP contribution in [0.5, 0.6) is 0 Å². The van der Waals surface area contributed by atoms with Crippen LogP contribution in [0.15, 0.2) is 40.6 Å². The molecule has 0 N–H and O–H groups in total. The Balaban J connectivity index is 2.15. The summed E-state index contributed by atoms with van der Waals surface area (Å²) >= 11 is 0.0696. The molecule has 1 heterocycles. The van der Waals surface area contributed by atoms with Crippen molar-refractivity contribution in [1.29, 1.82) is 0 Å². The Morgan fingerprint density at radius 2 is 1.73 bits per heavy atom. The van der Waals surface area contributed by atoms with E-state index in [0.717, 1.165) is 27.6 Å². The van der Waals surface area contributed by atoms with Crippen molar-refractivity contribution in [3.8, 4) is 0 Å². The van der Waals surface area contributed by atoms with Crippen molar-refractivity contribution >= 4 is 44.3 Å². The van der Waals surface area contributed by atoms with Crippen LogP contribution in [0.3, 0.4) is 0 Å². The van der Waals surface area contributed by atoms with E-state index in [-0.39, 0.29) is 5.91 Å². The first-order chi connectivity index (χ1) is 12.4. The Morgan fingerprint density at radius 1 is 1.08 bits per heavy atom. The number of likely N-dealkylation sites (N-methyl/N-ethyl adjacent to an activating group) is 1. The summed E-state index contributed by atoms with van der Waals surface area (Å²) in [4.78, 5) is 15.4. The predicted octanol–water partition coefficient (Wildman–Crippen LogP) is 2.56. The molecule has 0 spiro atoms. The zero-order valence-electron chi connectivity index (χ0n) is 15.5. The van der Waals surface area contributed by atoms with E-state index in [2.05, 4.69) is 6.92 Å². The van der Waals surface area contributed by atoms with Crippen molar-refractivity contribution in [2.75, 3.05) is 13.1 Å². The van der Waals surface area contributed by atoms with E-state index in [1.807, 2.05) is 37.4 Å². The molecule has 0 saturated carbocycles. The molecule has 0 aliphatic rings. The van der Waals surface area contributed by atoms with Crippen LogP contribution in [0, 0.1) is 0 Å². The number of amides is 1. The summed E-state index contributed by atoms with van der Waals surface area (Å²) in [6, 6.07) is 9.12. The average Bonchev–Trinajstić information content (AvgIpc) is 3.03. The maximum absolute atomic E-state index is 12.8. The zero-order valence-corrected chi connectivity index (χ0v) is 19.2.